The zero-order valence-corrected chi connectivity index (χ0v) is 13.7. The van der Waals surface area contributed by atoms with Crippen LogP contribution in [0.2, 0.25) is 0 Å². The molecule has 7 heteroatoms. The molecule has 0 atom stereocenters. The number of pyridine rings is 2. The number of carbonyl (C=O) groups excluding carboxylic acids is 1. The molecule has 24 heavy (non-hydrogen) atoms. The summed E-state index contributed by atoms with van der Waals surface area (Å²) in [6, 6.07) is 7.17. The summed E-state index contributed by atoms with van der Waals surface area (Å²) in [4.78, 5) is 22.8. The van der Waals surface area contributed by atoms with Crippen molar-refractivity contribution in [1.82, 2.24) is 15.3 Å². The van der Waals surface area contributed by atoms with Crippen LogP contribution in [-0.2, 0) is 6.54 Å². The zero-order valence-electron chi connectivity index (χ0n) is 13.7. The van der Waals surface area contributed by atoms with Gasteiger partial charge in [0.1, 0.15) is 5.82 Å². The Morgan fingerprint density at radius 1 is 1.25 bits per heavy atom. The molecule has 2 aromatic rings. The lowest BCUT2D eigenvalue weighted by Gasteiger charge is -2.16. The fraction of sp³-hybridized carbons (Fsp3) is 0.353. The number of carbonyl (C=O) groups is 1. The molecule has 0 radical (unpaired) electrons. The summed E-state index contributed by atoms with van der Waals surface area (Å²) in [5.74, 6) is 1.47. The van der Waals surface area contributed by atoms with Crippen LogP contribution < -0.4 is 20.3 Å². The van der Waals surface area contributed by atoms with Crippen LogP contribution in [-0.4, -0.2) is 36.2 Å². The lowest BCUT2D eigenvalue weighted by atomic mass is 10.3. The van der Waals surface area contributed by atoms with E-state index in [2.05, 4.69) is 25.5 Å². The summed E-state index contributed by atoms with van der Waals surface area (Å²) in [6.07, 6.45) is 5.75. The second kappa shape index (κ2) is 7.63. The molecule has 0 aliphatic carbocycles. The van der Waals surface area contributed by atoms with Crippen LogP contribution >= 0.6 is 0 Å². The quantitative estimate of drug-likeness (QED) is 0.881. The van der Waals surface area contributed by atoms with Crippen molar-refractivity contribution in [3.05, 3.63) is 42.2 Å². The van der Waals surface area contributed by atoms with Crippen molar-refractivity contribution in [2.45, 2.75) is 19.4 Å². The maximum Gasteiger partial charge on any atom is 0.319 e. The molecule has 2 N–H and O–H groups in total. The van der Waals surface area contributed by atoms with Crippen LogP contribution in [0.3, 0.4) is 0 Å². The van der Waals surface area contributed by atoms with Crippen molar-refractivity contribution in [3.63, 3.8) is 0 Å². The van der Waals surface area contributed by atoms with Crippen molar-refractivity contribution in [2.75, 3.05) is 30.4 Å². The third-order valence-corrected chi connectivity index (χ3v) is 3.92. The average Bonchev–Trinajstić information content (AvgIpc) is 3.15. The lowest BCUT2D eigenvalue weighted by molar-refractivity contribution is 0.251. The average molecular weight is 327 g/mol. The molecule has 2 amide bonds. The van der Waals surface area contributed by atoms with Gasteiger partial charge < -0.3 is 20.3 Å². The van der Waals surface area contributed by atoms with Crippen molar-refractivity contribution >= 4 is 17.5 Å². The van der Waals surface area contributed by atoms with E-state index in [4.69, 9.17) is 4.74 Å². The first-order valence-electron chi connectivity index (χ1n) is 8.00. The van der Waals surface area contributed by atoms with Crippen LogP contribution in [0.5, 0.6) is 5.88 Å². The normalized spacial score (nSPS) is 13.6. The molecule has 0 aromatic carbocycles. The predicted molar refractivity (Wildman–Crippen MR) is 92.3 cm³/mol. The van der Waals surface area contributed by atoms with E-state index in [1.807, 2.05) is 18.2 Å². The fourth-order valence-corrected chi connectivity index (χ4v) is 2.69. The number of urea groups is 1. The van der Waals surface area contributed by atoms with Crippen molar-refractivity contribution in [2.24, 2.45) is 0 Å². The van der Waals surface area contributed by atoms with Crippen molar-refractivity contribution < 1.29 is 9.53 Å². The molecule has 0 saturated carbocycles. The Balaban J connectivity index is 1.53. The lowest BCUT2D eigenvalue weighted by Crippen LogP contribution is -2.28. The maximum atomic E-state index is 12.0. The minimum atomic E-state index is -0.295. The number of methoxy groups -OCH3 is 1. The standard InChI is InChI=1S/C17H21N5O2/c1-24-16-13(5-4-8-18-16)11-20-17(23)21-14-6-7-15(19-12-14)22-9-2-3-10-22/h4-8,12H,2-3,9-11H2,1H3,(H2,20,21,23). The highest BCUT2D eigenvalue weighted by Crippen LogP contribution is 2.19. The van der Waals surface area contributed by atoms with E-state index in [-0.39, 0.29) is 6.03 Å². The van der Waals surface area contributed by atoms with Gasteiger partial charge in [-0.25, -0.2) is 14.8 Å². The molecule has 0 unspecified atom stereocenters. The van der Waals surface area contributed by atoms with Gasteiger partial charge in [0.25, 0.3) is 0 Å². The van der Waals surface area contributed by atoms with Gasteiger partial charge in [-0.3, -0.25) is 0 Å². The number of aromatic nitrogens is 2. The smallest absolute Gasteiger partial charge is 0.319 e. The van der Waals surface area contributed by atoms with Gasteiger partial charge >= 0.3 is 6.03 Å². The van der Waals surface area contributed by atoms with Crippen LogP contribution in [0.25, 0.3) is 0 Å². The molecule has 0 bridgehead atoms. The molecule has 7 nitrogen and oxygen atoms in total. The highest BCUT2D eigenvalue weighted by Gasteiger charge is 2.13. The third-order valence-electron chi connectivity index (χ3n) is 3.92. The molecule has 0 spiro atoms. The molecule has 1 saturated heterocycles. The van der Waals surface area contributed by atoms with Gasteiger partial charge in [-0.05, 0) is 31.0 Å². The number of ether oxygens (including phenoxy) is 1. The topological polar surface area (TPSA) is 79.4 Å². The number of nitrogens with zero attached hydrogens (tertiary/aromatic N) is 3. The first-order chi connectivity index (χ1) is 11.8. The van der Waals surface area contributed by atoms with Crippen LogP contribution in [0.4, 0.5) is 16.3 Å². The van der Waals surface area contributed by atoms with Gasteiger partial charge in [0.15, 0.2) is 0 Å². The summed E-state index contributed by atoms with van der Waals surface area (Å²) in [7, 11) is 1.56. The Morgan fingerprint density at radius 3 is 2.79 bits per heavy atom. The molecule has 1 aliphatic rings. The number of amides is 2. The third kappa shape index (κ3) is 3.92. The Hall–Kier alpha value is -2.83. The molecule has 1 fully saturated rings. The molecular formula is C17H21N5O2. The Morgan fingerprint density at radius 2 is 2.08 bits per heavy atom. The van der Waals surface area contributed by atoms with Gasteiger partial charge in [-0.15, -0.1) is 0 Å². The summed E-state index contributed by atoms with van der Waals surface area (Å²) in [5.41, 5.74) is 1.48. The Bertz CT molecular complexity index is 684. The van der Waals surface area contributed by atoms with E-state index in [1.165, 1.54) is 12.8 Å². The molecule has 1 aliphatic heterocycles. The van der Waals surface area contributed by atoms with Crippen LogP contribution in [0.1, 0.15) is 18.4 Å². The largest absolute Gasteiger partial charge is 0.481 e. The van der Waals surface area contributed by atoms with E-state index in [1.54, 1.807) is 25.6 Å². The van der Waals surface area contributed by atoms with Crippen molar-refractivity contribution in [3.8, 4) is 5.88 Å². The van der Waals surface area contributed by atoms with E-state index in [9.17, 15) is 4.79 Å². The van der Waals surface area contributed by atoms with Crippen LogP contribution in [0, 0.1) is 0 Å². The molecule has 2 aromatic heterocycles. The Kier molecular flexibility index (Phi) is 5.10. The summed E-state index contributed by atoms with van der Waals surface area (Å²) in [5, 5.41) is 5.56. The van der Waals surface area contributed by atoms with E-state index >= 15 is 0 Å². The summed E-state index contributed by atoms with van der Waals surface area (Å²) in [6.45, 7) is 2.43. The van der Waals surface area contributed by atoms with Crippen molar-refractivity contribution in [1.29, 1.82) is 0 Å². The van der Waals surface area contributed by atoms with Gasteiger partial charge in [-0.2, -0.15) is 0 Å². The van der Waals surface area contributed by atoms with Gasteiger partial charge in [0, 0.05) is 31.4 Å². The molecule has 3 rings (SSSR count). The van der Waals surface area contributed by atoms with E-state index in [0.717, 1.165) is 24.5 Å². The predicted octanol–water partition coefficient (Wildman–Crippen LogP) is 2.41. The summed E-state index contributed by atoms with van der Waals surface area (Å²) < 4.78 is 5.16. The van der Waals surface area contributed by atoms with Gasteiger partial charge in [-0.1, -0.05) is 6.07 Å². The minimum absolute atomic E-state index is 0.295. The molecular weight excluding hydrogens is 306 g/mol. The van der Waals surface area contributed by atoms with Gasteiger partial charge in [0.05, 0.1) is 19.0 Å². The second-order valence-electron chi connectivity index (χ2n) is 5.58. The summed E-state index contributed by atoms with van der Waals surface area (Å²) >= 11 is 0. The first-order valence-corrected chi connectivity index (χ1v) is 8.00. The maximum absolute atomic E-state index is 12.0. The minimum Gasteiger partial charge on any atom is -0.481 e. The Labute approximate surface area is 141 Å². The highest BCUT2D eigenvalue weighted by atomic mass is 16.5. The van der Waals surface area contributed by atoms with Gasteiger partial charge in [0.2, 0.25) is 5.88 Å². The molecule has 126 valence electrons. The zero-order chi connectivity index (χ0) is 16.8. The van der Waals surface area contributed by atoms with E-state index in [0.29, 0.717) is 18.1 Å². The highest BCUT2D eigenvalue weighted by molar-refractivity contribution is 5.89. The second-order valence-corrected chi connectivity index (χ2v) is 5.58. The number of rotatable bonds is 5. The fourth-order valence-electron chi connectivity index (χ4n) is 2.69. The van der Waals surface area contributed by atoms with Crippen LogP contribution in [0.15, 0.2) is 36.7 Å². The first kappa shape index (κ1) is 16.0. The number of hydrogen-bond acceptors (Lipinski definition) is 5. The van der Waals surface area contributed by atoms with E-state index < -0.39 is 0 Å². The number of nitrogens with one attached hydrogen (secondary N) is 2. The SMILES string of the molecule is COc1ncccc1CNC(=O)Nc1ccc(N2CCCC2)nc1. The monoisotopic (exact) mass is 327 g/mol. The molecule has 3 heterocycles. The number of hydrogen-bond donors (Lipinski definition) is 2. The number of anilines is 2.